The summed E-state index contributed by atoms with van der Waals surface area (Å²) in [5.41, 5.74) is 0. The molecular formula is C18H24N2O5S. The van der Waals surface area contributed by atoms with Crippen molar-refractivity contribution in [2.24, 2.45) is 5.92 Å². The molecule has 26 heavy (non-hydrogen) atoms. The van der Waals surface area contributed by atoms with Gasteiger partial charge in [-0.15, -0.1) is 0 Å². The lowest BCUT2D eigenvalue weighted by molar-refractivity contribution is -0.0581. The molecule has 3 fully saturated rings. The molecule has 1 aliphatic carbocycles. The summed E-state index contributed by atoms with van der Waals surface area (Å²) < 4.78 is 45.4. The highest BCUT2D eigenvalue weighted by molar-refractivity contribution is 7.89. The van der Waals surface area contributed by atoms with Crippen molar-refractivity contribution < 1.29 is 22.6 Å². The summed E-state index contributed by atoms with van der Waals surface area (Å²) in [4.78, 5) is 2.61. The molecule has 3 atom stereocenters. The Morgan fingerprint density at radius 3 is 2.69 bits per heavy atom. The minimum absolute atomic E-state index is 0.0836. The predicted octanol–water partition coefficient (Wildman–Crippen LogP) is 0.988. The summed E-state index contributed by atoms with van der Waals surface area (Å²) in [5.74, 6) is 1.80. The van der Waals surface area contributed by atoms with Gasteiger partial charge in [-0.2, -0.15) is 0 Å². The van der Waals surface area contributed by atoms with E-state index in [4.69, 9.17) is 14.2 Å². The molecule has 3 heterocycles. The molecule has 1 aromatic carbocycles. The molecule has 0 spiro atoms. The van der Waals surface area contributed by atoms with E-state index in [0.29, 0.717) is 49.4 Å². The second-order valence-corrected chi connectivity index (χ2v) is 9.39. The fourth-order valence-corrected chi connectivity index (χ4v) is 5.47. The third kappa shape index (κ3) is 3.19. The predicted molar refractivity (Wildman–Crippen MR) is 94.0 cm³/mol. The van der Waals surface area contributed by atoms with Gasteiger partial charge in [-0.25, -0.2) is 13.1 Å². The molecule has 5 rings (SSSR count). The third-order valence-corrected chi connectivity index (χ3v) is 7.26. The number of fused-ring (bicyclic) bond motifs is 2. The molecule has 0 aromatic heterocycles. The average Bonchev–Trinajstić information content (AvgIpc) is 3.41. The number of benzene rings is 1. The molecule has 4 aliphatic rings. The average molecular weight is 380 g/mol. The van der Waals surface area contributed by atoms with E-state index in [1.54, 1.807) is 18.2 Å². The van der Waals surface area contributed by atoms with Crippen molar-refractivity contribution in [3.63, 3.8) is 0 Å². The van der Waals surface area contributed by atoms with E-state index in [9.17, 15) is 8.42 Å². The van der Waals surface area contributed by atoms with Gasteiger partial charge >= 0.3 is 0 Å². The molecule has 142 valence electrons. The first kappa shape index (κ1) is 16.8. The zero-order chi connectivity index (χ0) is 17.7. The standard InChI is InChI=1S/C18H24N2O5S/c21-26(22,15-3-4-16-17(8-15)24-6-5-23-16)19-13-7-14-11-25-18(12-1-2-12)10-20(14)9-13/h3-4,8,12-14,18-19H,1-2,5-7,9-11H2/t13-,14-,18+/m0/s1. The van der Waals surface area contributed by atoms with Crippen LogP contribution in [0.15, 0.2) is 23.1 Å². The Morgan fingerprint density at radius 2 is 1.88 bits per heavy atom. The number of hydrogen-bond acceptors (Lipinski definition) is 6. The second-order valence-electron chi connectivity index (χ2n) is 7.68. The molecule has 2 saturated heterocycles. The largest absolute Gasteiger partial charge is 0.486 e. The summed E-state index contributed by atoms with van der Waals surface area (Å²) >= 11 is 0. The monoisotopic (exact) mass is 380 g/mol. The van der Waals surface area contributed by atoms with Gasteiger partial charge in [0.2, 0.25) is 10.0 Å². The number of rotatable bonds is 4. The maximum Gasteiger partial charge on any atom is 0.241 e. The van der Waals surface area contributed by atoms with Crippen LogP contribution in [-0.2, 0) is 14.8 Å². The normalized spacial score (nSPS) is 31.6. The van der Waals surface area contributed by atoms with Crippen molar-refractivity contribution in [3.05, 3.63) is 18.2 Å². The van der Waals surface area contributed by atoms with Crippen molar-refractivity contribution >= 4 is 10.0 Å². The molecule has 0 radical (unpaired) electrons. The van der Waals surface area contributed by atoms with Gasteiger partial charge in [0, 0.05) is 31.2 Å². The van der Waals surface area contributed by atoms with E-state index >= 15 is 0 Å². The lowest BCUT2D eigenvalue weighted by Gasteiger charge is -2.35. The van der Waals surface area contributed by atoms with Crippen LogP contribution in [0, 0.1) is 5.92 Å². The van der Waals surface area contributed by atoms with Crippen LogP contribution in [-0.4, -0.2) is 64.4 Å². The van der Waals surface area contributed by atoms with Gasteiger partial charge in [0.05, 0.1) is 17.6 Å². The topological polar surface area (TPSA) is 77.1 Å². The van der Waals surface area contributed by atoms with Crippen LogP contribution in [0.1, 0.15) is 19.3 Å². The number of ether oxygens (including phenoxy) is 3. The summed E-state index contributed by atoms with van der Waals surface area (Å²) in [6.07, 6.45) is 3.66. The molecular weight excluding hydrogens is 356 g/mol. The number of nitrogens with one attached hydrogen (secondary N) is 1. The zero-order valence-corrected chi connectivity index (χ0v) is 15.4. The van der Waals surface area contributed by atoms with Crippen LogP contribution < -0.4 is 14.2 Å². The first-order valence-electron chi connectivity index (χ1n) is 9.36. The van der Waals surface area contributed by atoms with Gasteiger partial charge in [0.25, 0.3) is 0 Å². The number of morpholine rings is 1. The van der Waals surface area contributed by atoms with Crippen molar-refractivity contribution in [2.75, 3.05) is 32.9 Å². The minimum Gasteiger partial charge on any atom is -0.486 e. The molecule has 1 aromatic rings. The van der Waals surface area contributed by atoms with Crippen molar-refractivity contribution in [1.82, 2.24) is 9.62 Å². The van der Waals surface area contributed by atoms with Crippen LogP contribution in [0.4, 0.5) is 0 Å². The van der Waals surface area contributed by atoms with Crippen molar-refractivity contribution in [2.45, 2.75) is 42.3 Å². The maximum absolute atomic E-state index is 12.8. The smallest absolute Gasteiger partial charge is 0.241 e. The molecule has 3 aliphatic heterocycles. The fraction of sp³-hybridized carbons (Fsp3) is 0.667. The molecule has 0 unspecified atom stereocenters. The maximum atomic E-state index is 12.8. The van der Waals surface area contributed by atoms with Crippen LogP contribution in [0.3, 0.4) is 0 Å². The summed E-state index contributed by atoms with van der Waals surface area (Å²) in [6, 6.07) is 5.02. The summed E-state index contributed by atoms with van der Waals surface area (Å²) in [6.45, 7) is 3.31. The highest BCUT2D eigenvalue weighted by Gasteiger charge is 2.43. The molecule has 0 bridgehead atoms. The first-order chi connectivity index (χ1) is 12.6. The van der Waals surface area contributed by atoms with Crippen LogP contribution in [0.25, 0.3) is 0 Å². The van der Waals surface area contributed by atoms with Gasteiger partial charge in [-0.05, 0) is 37.3 Å². The van der Waals surface area contributed by atoms with Gasteiger partial charge in [0.15, 0.2) is 11.5 Å². The Morgan fingerprint density at radius 1 is 1.08 bits per heavy atom. The van der Waals surface area contributed by atoms with Crippen LogP contribution >= 0.6 is 0 Å². The van der Waals surface area contributed by atoms with E-state index in [1.807, 2.05) is 0 Å². The quantitative estimate of drug-likeness (QED) is 0.839. The Labute approximate surface area is 153 Å². The van der Waals surface area contributed by atoms with Crippen molar-refractivity contribution in [1.29, 1.82) is 0 Å². The SMILES string of the molecule is O=S(=O)(N[C@H]1C[C@H]2CO[C@@H](C3CC3)CN2C1)c1ccc2c(c1)OCCO2. The van der Waals surface area contributed by atoms with Gasteiger partial charge < -0.3 is 14.2 Å². The Balaban J connectivity index is 1.27. The van der Waals surface area contributed by atoms with Crippen molar-refractivity contribution in [3.8, 4) is 11.5 Å². The third-order valence-electron chi connectivity index (χ3n) is 5.74. The molecule has 0 amide bonds. The van der Waals surface area contributed by atoms with E-state index in [1.165, 1.54) is 12.8 Å². The Hall–Kier alpha value is -1.35. The van der Waals surface area contributed by atoms with E-state index < -0.39 is 10.0 Å². The van der Waals surface area contributed by atoms with Gasteiger partial charge in [-0.1, -0.05) is 0 Å². The summed E-state index contributed by atoms with van der Waals surface area (Å²) in [7, 11) is -3.59. The number of nitrogens with zero attached hydrogens (tertiary/aromatic N) is 1. The highest BCUT2D eigenvalue weighted by Crippen LogP contribution is 2.38. The van der Waals surface area contributed by atoms with E-state index in [2.05, 4.69) is 9.62 Å². The molecule has 7 nitrogen and oxygen atoms in total. The first-order valence-corrected chi connectivity index (χ1v) is 10.8. The molecule has 1 saturated carbocycles. The highest BCUT2D eigenvalue weighted by atomic mass is 32.2. The Bertz CT molecular complexity index is 795. The fourth-order valence-electron chi connectivity index (χ4n) is 4.22. The lowest BCUT2D eigenvalue weighted by atomic mass is 10.1. The molecule has 1 N–H and O–H groups in total. The van der Waals surface area contributed by atoms with Gasteiger partial charge in [0.1, 0.15) is 13.2 Å². The van der Waals surface area contributed by atoms with Crippen LogP contribution in [0.2, 0.25) is 0 Å². The summed E-state index contributed by atoms with van der Waals surface area (Å²) in [5, 5.41) is 0. The van der Waals surface area contributed by atoms with Crippen LogP contribution in [0.5, 0.6) is 11.5 Å². The number of hydrogen-bond donors (Lipinski definition) is 1. The zero-order valence-electron chi connectivity index (χ0n) is 14.6. The number of sulfonamides is 1. The molecule has 8 heteroatoms. The van der Waals surface area contributed by atoms with E-state index in [-0.39, 0.29) is 10.9 Å². The van der Waals surface area contributed by atoms with E-state index in [0.717, 1.165) is 19.5 Å². The lowest BCUT2D eigenvalue weighted by Crippen LogP contribution is -2.47. The minimum atomic E-state index is -3.59. The van der Waals surface area contributed by atoms with Gasteiger partial charge in [-0.3, -0.25) is 4.90 Å². The second kappa shape index (κ2) is 6.37. The Kier molecular flexibility index (Phi) is 4.11.